The van der Waals surface area contributed by atoms with Crippen molar-refractivity contribution >= 4 is 11.8 Å². The highest BCUT2D eigenvalue weighted by Crippen LogP contribution is 2.18. The summed E-state index contributed by atoms with van der Waals surface area (Å²) in [6.45, 7) is 4.11. The highest BCUT2D eigenvalue weighted by atomic mass is 16.5. The van der Waals surface area contributed by atoms with Crippen LogP contribution in [0, 0.1) is 5.92 Å². The van der Waals surface area contributed by atoms with E-state index < -0.39 is 0 Å². The van der Waals surface area contributed by atoms with Crippen LogP contribution in [0.4, 0.5) is 0 Å². The van der Waals surface area contributed by atoms with Crippen molar-refractivity contribution in [1.82, 2.24) is 10.2 Å². The Balaban J connectivity index is 1.64. The Morgan fingerprint density at radius 3 is 2.38 bits per heavy atom. The van der Waals surface area contributed by atoms with Gasteiger partial charge in [-0.3, -0.25) is 9.59 Å². The molecule has 6 nitrogen and oxygen atoms in total. The number of nitrogens with zero attached hydrogens (tertiary/aromatic N) is 1. The van der Waals surface area contributed by atoms with Crippen LogP contribution in [0.3, 0.4) is 0 Å². The van der Waals surface area contributed by atoms with Gasteiger partial charge in [-0.15, -0.1) is 0 Å². The van der Waals surface area contributed by atoms with Crippen LogP contribution in [0.25, 0.3) is 0 Å². The molecule has 1 aliphatic heterocycles. The van der Waals surface area contributed by atoms with Crippen molar-refractivity contribution < 1.29 is 19.1 Å². The van der Waals surface area contributed by atoms with Crippen molar-refractivity contribution in [3.05, 3.63) is 24.3 Å². The molecular formula is C18H26N2O4. The maximum Gasteiger partial charge on any atom is 0.223 e. The molecule has 6 heteroatoms. The highest BCUT2D eigenvalue weighted by molar-refractivity contribution is 5.80. The number of nitrogens with one attached hydrogen (secondary N) is 1. The summed E-state index contributed by atoms with van der Waals surface area (Å²) >= 11 is 0. The number of likely N-dealkylation sites (tertiary alicyclic amines) is 1. The van der Waals surface area contributed by atoms with Gasteiger partial charge in [-0.1, -0.05) is 6.92 Å². The van der Waals surface area contributed by atoms with E-state index >= 15 is 0 Å². The SMILES string of the molecule is CCC(=O)N1CCC(C(=O)NCCOc2ccc(OC)cc2)CC1. The fourth-order valence-electron chi connectivity index (χ4n) is 2.77. The van der Waals surface area contributed by atoms with Crippen LogP contribution in [-0.2, 0) is 9.59 Å². The zero-order chi connectivity index (χ0) is 17.4. The highest BCUT2D eigenvalue weighted by Gasteiger charge is 2.26. The lowest BCUT2D eigenvalue weighted by Gasteiger charge is -2.31. The molecule has 0 aromatic heterocycles. The number of ether oxygens (including phenoxy) is 2. The van der Waals surface area contributed by atoms with Crippen molar-refractivity contribution in [1.29, 1.82) is 0 Å². The summed E-state index contributed by atoms with van der Waals surface area (Å²) in [6, 6.07) is 7.33. The average molecular weight is 334 g/mol. The fourth-order valence-corrected chi connectivity index (χ4v) is 2.77. The van der Waals surface area contributed by atoms with Gasteiger partial charge in [0.1, 0.15) is 18.1 Å². The molecule has 0 saturated carbocycles. The Morgan fingerprint density at radius 2 is 1.79 bits per heavy atom. The molecule has 24 heavy (non-hydrogen) atoms. The van der Waals surface area contributed by atoms with E-state index in [2.05, 4.69) is 5.32 Å². The number of amides is 2. The van der Waals surface area contributed by atoms with E-state index in [-0.39, 0.29) is 17.7 Å². The van der Waals surface area contributed by atoms with E-state index in [1.54, 1.807) is 7.11 Å². The standard InChI is InChI=1S/C18H26N2O4/c1-3-17(21)20-11-8-14(9-12-20)18(22)19-10-13-24-16-6-4-15(23-2)5-7-16/h4-7,14H,3,8-13H2,1-2H3,(H,19,22). The normalized spacial score (nSPS) is 15.0. The zero-order valence-corrected chi connectivity index (χ0v) is 14.4. The topological polar surface area (TPSA) is 67.9 Å². The van der Waals surface area contributed by atoms with Crippen LogP contribution in [0.1, 0.15) is 26.2 Å². The molecule has 1 fully saturated rings. The van der Waals surface area contributed by atoms with Gasteiger partial charge in [-0.2, -0.15) is 0 Å². The van der Waals surface area contributed by atoms with E-state index in [0.717, 1.165) is 24.3 Å². The Labute approximate surface area is 143 Å². The summed E-state index contributed by atoms with van der Waals surface area (Å²) in [7, 11) is 1.62. The van der Waals surface area contributed by atoms with Crippen LogP contribution in [-0.4, -0.2) is 50.1 Å². The average Bonchev–Trinajstić information content (AvgIpc) is 2.65. The van der Waals surface area contributed by atoms with Gasteiger partial charge >= 0.3 is 0 Å². The Bertz CT molecular complexity index is 536. The van der Waals surface area contributed by atoms with E-state index in [1.165, 1.54) is 0 Å². The third-order valence-electron chi connectivity index (χ3n) is 4.25. The lowest BCUT2D eigenvalue weighted by molar-refractivity contribution is -0.135. The molecule has 0 unspecified atom stereocenters. The minimum Gasteiger partial charge on any atom is -0.497 e. The molecule has 1 aromatic rings. The fraction of sp³-hybridized carbons (Fsp3) is 0.556. The molecule has 1 saturated heterocycles. The predicted octanol–water partition coefficient (Wildman–Crippen LogP) is 1.84. The maximum absolute atomic E-state index is 12.2. The van der Waals surface area contributed by atoms with Gasteiger partial charge < -0.3 is 19.7 Å². The third-order valence-corrected chi connectivity index (χ3v) is 4.25. The number of rotatable bonds is 7. The number of hydrogen-bond donors (Lipinski definition) is 1. The number of benzene rings is 1. The molecule has 0 bridgehead atoms. The second-order valence-corrected chi connectivity index (χ2v) is 5.82. The van der Waals surface area contributed by atoms with Gasteiger partial charge in [0.2, 0.25) is 11.8 Å². The molecule has 0 radical (unpaired) electrons. The van der Waals surface area contributed by atoms with Crippen LogP contribution >= 0.6 is 0 Å². The van der Waals surface area contributed by atoms with E-state index in [0.29, 0.717) is 32.7 Å². The number of piperidine rings is 1. The quantitative estimate of drug-likeness (QED) is 0.773. The molecule has 0 spiro atoms. The summed E-state index contributed by atoms with van der Waals surface area (Å²) in [5, 5.41) is 2.91. The third kappa shape index (κ3) is 5.15. The summed E-state index contributed by atoms with van der Waals surface area (Å²) in [6.07, 6.45) is 1.99. The second kappa shape index (κ2) is 9.15. The molecular weight excluding hydrogens is 308 g/mol. The molecule has 1 heterocycles. The van der Waals surface area contributed by atoms with Gasteiger partial charge in [0.15, 0.2) is 0 Å². The smallest absolute Gasteiger partial charge is 0.223 e. The number of methoxy groups -OCH3 is 1. The lowest BCUT2D eigenvalue weighted by atomic mass is 9.96. The van der Waals surface area contributed by atoms with Gasteiger partial charge in [0.05, 0.1) is 13.7 Å². The summed E-state index contributed by atoms with van der Waals surface area (Å²) in [4.78, 5) is 25.6. The molecule has 1 aliphatic rings. The number of hydrogen-bond acceptors (Lipinski definition) is 4. The minimum absolute atomic E-state index is 0.00751. The van der Waals surface area contributed by atoms with Crippen molar-refractivity contribution in [2.75, 3.05) is 33.4 Å². The second-order valence-electron chi connectivity index (χ2n) is 5.82. The monoisotopic (exact) mass is 334 g/mol. The van der Waals surface area contributed by atoms with Gasteiger partial charge in [-0.25, -0.2) is 0 Å². The largest absolute Gasteiger partial charge is 0.497 e. The first-order chi connectivity index (χ1) is 11.6. The maximum atomic E-state index is 12.2. The van der Waals surface area contributed by atoms with Crippen molar-refractivity contribution in [3.63, 3.8) is 0 Å². The molecule has 2 amide bonds. The lowest BCUT2D eigenvalue weighted by Crippen LogP contribution is -2.43. The zero-order valence-electron chi connectivity index (χ0n) is 14.4. The van der Waals surface area contributed by atoms with E-state index in [9.17, 15) is 9.59 Å². The first kappa shape index (κ1) is 18.1. The molecule has 132 valence electrons. The molecule has 0 aliphatic carbocycles. The van der Waals surface area contributed by atoms with Crippen LogP contribution in [0.2, 0.25) is 0 Å². The van der Waals surface area contributed by atoms with Crippen LogP contribution in [0.5, 0.6) is 11.5 Å². The van der Waals surface area contributed by atoms with Gasteiger partial charge in [-0.05, 0) is 37.1 Å². The Hall–Kier alpha value is -2.24. The first-order valence-electron chi connectivity index (χ1n) is 8.46. The van der Waals surface area contributed by atoms with Gasteiger partial charge in [0.25, 0.3) is 0 Å². The first-order valence-corrected chi connectivity index (χ1v) is 8.46. The Kier molecular flexibility index (Phi) is 6.90. The predicted molar refractivity (Wildman–Crippen MR) is 91.1 cm³/mol. The van der Waals surface area contributed by atoms with Gasteiger partial charge in [0, 0.05) is 25.4 Å². The summed E-state index contributed by atoms with van der Waals surface area (Å²) in [5.41, 5.74) is 0. The summed E-state index contributed by atoms with van der Waals surface area (Å²) < 4.78 is 10.7. The summed E-state index contributed by atoms with van der Waals surface area (Å²) in [5.74, 6) is 1.74. The van der Waals surface area contributed by atoms with E-state index in [4.69, 9.17) is 9.47 Å². The Morgan fingerprint density at radius 1 is 1.17 bits per heavy atom. The minimum atomic E-state index is -0.00751. The molecule has 1 N–H and O–H groups in total. The van der Waals surface area contributed by atoms with Crippen molar-refractivity contribution in [3.8, 4) is 11.5 Å². The number of carbonyl (C=O) groups excluding carboxylic acids is 2. The molecule has 1 aromatic carbocycles. The van der Waals surface area contributed by atoms with Crippen LogP contribution in [0.15, 0.2) is 24.3 Å². The number of carbonyl (C=O) groups is 2. The van der Waals surface area contributed by atoms with Crippen molar-refractivity contribution in [2.45, 2.75) is 26.2 Å². The molecule has 2 rings (SSSR count). The van der Waals surface area contributed by atoms with E-state index in [1.807, 2.05) is 36.1 Å². The van der Waals surface area contributed by atoms with Crippen molar-refractivity contribution in [2.24, 2.45) is 5.92 Å². The van der Waals surface area contributed by atoms with Crippen LogP contribution < -0.4 is 14.8 Å². The molecule has 0 atom stereocenters.